The third-order valence-electron chi connectivity index (χ3n) is 2.48. The highest BCUT2D eigenvalue weighted by Crippen LogP contribution is 2.22. The molecule has 0 heterocycles. The van der Waals surface area contributed by atoms with Crippen LogP contribution in [0, 0.1) is 11.3 Å². The molecule has 3 nitrogen and oxygen atoms in total. The van der Waals surface area contributed by atoms with Crippen molar-refractivity contribution in [1.82, 2.24) is 0 Å². The number of esters is 1. The maximum absolute atomic E-state index is 10.9. The quantitative estimate of drug-likeness (QED) is 0.738. The predicted octanol–water partition coefficient (Wildman–Crippen LogP) is 2.97. The summed E-state index contributed by atoms with van der Waals surface area (Å²) >= 11 is 0. The standard InChI is InChI=1S/C14H11NO2/c1-10(16)17-14(9-15)13-7-6-11-4-2-3-5-12(11)8-13/h2-8,14H,1H3/t14-/m0/s1. The smallest absolute Gasteiger partial charge is 0.304 e. The number of nitriles is 1. The maximum atomic E-state index is 10.9. The van der Waals surface area contributed by atoms with Crippen LogP contribution in [0.5, 0.6) is 0 Å². The summed E-state index contributed by atoms with van der Waals surface area (Å²) in [7, 11) is 0. The Balaban J connectivity index is 2.41. The van der Waals surface area contributed by atoms with Crippen LogP contribution in [0.3, 0.4) is 0 Å². The lowest BCUT2D eigenvalue weighted by Gasteiger charge is -2.10. The van der Waals surface area contributed by atoms with E-state index in [1.807, 2.05) is 42.5 Å². The topological polar surface area (TPSA) is 50.1 Å². The number of nitrogens with zero attached hydrogens (tertiary/aromatic N) is 1. The van der Waals surface area contributed by atoms with E-state index < -0.39 is 12.1 Å². The Morgan fingerprint density at radius 2 is 1.94 bits per heavy atom. The number of hydrogen-bond acceptors (Lipinski definition) is 3. The second kappa shape index (κ2) is 4.67. The molecule has 0 aromatic heterocycles. The third-order valence-corrected chi connectivity index (χ3v) is 2.48. The lowest BCUT2D eigenvalue weighted by molar-refractivity contribution is -0.144. The van der Waals surface area contributed by atoms with Crippen molar-refractivity contribution < 1.29 is 9.53 Å². The zero-order valence-corrected chi connectivity index (χ0v) is 9.38. The Labute approximate surface area is 99.2 Å². The molecular formula is C14H11NO2. The molecule has 1 atom stereocenters. The minimum atomic E-state index is -0.836. The number of fused-ring (bicyclic) bond motifs is 1. The SMILES string of the molecule is CC(=O)O[C@@H](C#N)c1ccc2ccccc2c1. The van der Waals surface area contributed by atoms with Crippen molar-refractivity contribution >= 4 is 16.7 Å². The highest BCUT2D eigenvalue weighted by Gasteiger charge is 2.13. The minimum Gasteiger partial charge on any atom is -0.442 e. The second-order valence-corrected chi connectivity index (χ2v) is 3.73. The number of carbonyl (C=O) groups excluding carboxylic acids is 1. The highest BCUT2D eigenvalue weighted by atomic mass is 16.5. The normalized spacial score (nSPS) is 11.8. The minimum absolute atomic E-state index is 0.454. The molecule has 2 aromatic rings. The monoisotopic (exact) mass is 225 g/mol. The summed E-state index contributed by atoms with van der Waals surface area (Å²) in [4.78, 5) is 10.9. The van der Waals surface area contributed by atoms with E-state index in [1.165, 1.54) is 6.92 Å². The van der Waals surface area contributed by atoms with Gasteiger partial charge in [0.25, 0.3) is 0 Å². The van der Waals surface area contributed by atoms with Crippen LogP contribution in [0.25, 0.3) is 10.8 Å². The molecule has 0 bridgehead atoms. The number of hydrogen-bond donors (Lipinski definition) is 0. The summed E-state index contributed by atoms with van der Waals surface area (Å²) in [5.74, 6) is -0.454. The molecule has 0 radical (unpaired) electrons. The Hall–Kier alpha value is -2.34. The van der Waals surface area contributed by atoms with E-state index >= 15 is 0 Å². The van der Waals surface area contributed by atoms with E-state index in [9.17, 15) is 4.79 Å². The lowest BCUT2D eigenvalue weighted by atomic mass is 10.0. The van der Waals surface area contributed by atoms with E-state index in [0.717, 1.165) is 10.8 Å². The number of rotatable bonds is 2. The van der Waals surface area contributed by atoms with Gasteiger partial charge < -0.3 is 4.74 Å². The van der Waals surface area contributed by atoms with Gasteiger partial charge in [0.1, 0.15) is 6.07 Å². The Morgan fingerprint density at radius 3 is 2.59 bits per heavy atom. The zero-order chi connectivity index (χ0) is 12.3. The summed E-state index contributed by atoms with van der Waals surface area (Å²) in [5, 5.41) is 11.1. The molecule has 2 rings (SSSR count). The molecule has 0 aliphatic heterocycles. The molecule has 0 amide bonds. The van der Waals surface area contributed by atoms with Gasteiger partial charge in [-0.1, -0.05) is 36.4 Å². The molecule has 84 valence electrons. The van der Waals surface area contributed by atoms with E-state index in [0.29, 0.717) is 5.56 Å². The molecule has 0 aliphatic rings. The average Bonchev–Trinajstić information content (AvgIpc) is 2.35. The van der Waals surface area contributed by atoms with Gasteiger partial charge in [0.05, 0.1) is 0 Å². The van der Waals surface area contributed by atoms with Crippen molar-refractivity contribution in [3.05, 3.63) is 48.0 Å². The van der Waals surface area contributed by atoms with Gasteiger partial charge in [-0.25, -0.2) is 0 Å². The number of ether oxygens (including phenoxy) is 1. The zero-order valence-electron chi connectivity index (χ0n) is 9.38. The van der Waals surface area contributed by atoms with E-state index in [2.05, 4.69) is 0 Å². The molecule has 0 fully saturated rings. The van der Waals surface area contributed by atoms with E-state index in [4.69, 9.17) is 10.00 Å². The van der Waals surface area contributed by atoms with Gasteiger partial charge in [0, 0.05) is 12.5 Å². The van der Waals surface area contributed by atoms with Gasteiger partial charge in [0.15, 0.2) is 0 Å². The van der Waals surface area contributed by atoms with Crippen LogP contribution < -0.4 is 0 Å². The fourth-order valence-electron chi connectivity index (χ4n) is 1.71. The molecule has 0 N–H and O–H groups in total. The van der Waals surface area contributed by atoms with Crippen LogP contribution in [0.4, 0.5) is 0 Å². The van der Waals surface area contributed by atoms with Gasteiger partial charge in [-0.15, -0.1) is 0 Å². The van der Waals surface area contributed by atoms with E-state index in [-0.39, 0.29) is 0 Å². The van der Waals surface area contributed by atoms with Gasteiger partial charge in [-0.05, 0) is 16.8 Å². The van der Waals surface area contributed by atoms with Crippen molar-refractivity contribution in [2.45, 2.75) is 13.0 Å². The van der Waals surface area contributed by atoms with Crippen LogP contribution in [0.2, 0.25) is 0 Å². The first-order valence-corrected chi connectivity index (χ1v) is 5.26. The predicted molar refractivity (Wildman–Crippen MR) is 64.1 cm³/mol. The fraction of sp³-hybridized carbons (Fsp3) is 0.143. The van der Waals surface area contributed by atoms with Crippen molar-refractivity contribution in [3.63, 3.8) is 0 Å². The third kappa shape index (κ3) is 2.43. The largest absolute Gasteiger partial charge is 0.442 e. The molecule has 0 saturated carbocycles. The van der Waals surface area contributed by atoms with Gasteiger partial charge in [0.2, 0.25) is 6.10 Å². The summed E-state index contributed by atoms with van der Waals surface area (Å²) in [6, 6.07) is 15.4. The summed E-state index contributed by atoms with van der Waals surface area (Å²) in [6.45, 7) is 1.30. The first kappa shape index (κ1) is 11.2. The summed E-state index contributed by atoms with van der Waals surface area (Å²) < 4.78 is 4.93. The average molecular weight is 225 g/mol. The van der Waals surface area contributed by atoms with Crippen LogP contribution in [0.1, 0.15) is 18.6 Å². The summed E-state index contributed by atoms with van der Waals surface area (Å²) in [6.07, 6.45) is -0.836. The van der Waals surface area contributed by atoms with Crippen molar-refractivity contribution in [2.24, 2.45) is 0 Å². The van der Waals surface area contributed by atoms with Crippen LogP contribution in [-0.4, -0.2) is 5.97 Å². The van der Waals surface area contributed by atoms with Gasteiger partial charge in [-0.2, -0.15) is 5.26 Å². The number of carbonyl (C=O) groups is 1. The molecule has 3 heteroatoms. The summed E-state index contributed by atoms with van der Waals surface area (Å²) in [5.41, 5.74) is 0.696. The molecule has 0 spiro atoms. The Bertz CT molecular complexity index is 598. The molecule has 0 saturated heterocycles. The number of benzene rings is 2. The van der Waals surface area contributed by atoms with E-state index in [1.54, 1.807) is 6.07 Å². The van der Waals surface area contributed by atoms with Crippen molar-refractivity contribution in [2.75, 3.05) is 0 Å². The Morgan fingerprint density at radius 1 is 1.24 bits per heavy atom. The lowest BCUT2D eigenvalue weighted by Crippen LogP contribution is -2.06. The molecular weight excluding hydrogens is 214 g/mol. The van der Waals surface area contributed by atoms with Crippen molar-refractivity contribution in [1.29, 1.82) is 5.26 Å². The van der Waals surface area contributed by atoms with Gasteiger partial charge >= 0.3 is 5.97 Å². The first-order valence-electron chi connectivity index (χ1n) is 5.26. The van der Waals surface area contributed by atoms with Crippen LogP contribution in [0.15, 0.2) is 42.5 Å². The van der Waals surface area contributed by atoms with Gasteiger partial charge in [-0.3, -0.25) is 4.79 Å². The van der Waals surface area contributed by atoms with Crippen molar-refractivity contribution in [3.8, 4) is 6.07 Å². The highest BCUT2D eigenvalue weighted by molar-refractivity contribution is 5.83. The second-order valence-electron chi connectivity index (χ2n) is 3.73. The van der Waals surface area contributed by atoms with Crippen LogP contribution in [-0.2, 0) is 9.53 Å². The maximum Gasteiger partial charge on any atom is 0.304 e. The van der Waals surface area contributed by atoms with Crippen LogP contribution >= 0.6 is 0 Å². The fourth-order valence-corrected chi connectivity index (χ4v) is 1.71. The first-order chi connectivity index (χ1) is 8.20. The Kier molecular flexibility index (Phi) is 3.06. The molecule has 0 aliphatic carbocycles. The molecule has 17 heavy (non-hydrogen) atoms. The molecule has 2 aromatic carbocycles. The molecule has 0 unspecified atom stereocenters.